The Balaban J connectivity index is 1.41. The largest absolute Gasteiger partial charge is 0.416 e. The summed E-state index contributed by atoms with van der Waals surface area (Å²) < 4.78 is 42.7. The number of aliphatic imine (C=N–C) groups is 1. The summed E-state index contributed by atoms with van der Waals surface area (Å²) in [5, 5.41) is 8.80. The Morgan fingerprint density at radius 1 is 0.842 bits per heavy atom. The smallest absolute Gasteiger partial charge is 0.281 e. The van der Waals surface area contributed by atoms with Crippen LogP contribution in [0, 0.1) is 0 Å². The Bertz CT molecular complexity index is 1630. The van der Waals surface area contributed by atoms with E-state index in [0.717, 1.165) is 17.0 Å². The first-order valence-electron chi connectivity index (χ1n) is 11.6. The van der Waals surface area contributed by atoms with Gasteiger partial charge in [-0.15, -0.1) is 10.2 Å². The second kappa shape index (κ2) is 8.91. The molecular formula is C27H17ClF3N5O2. The lowest BCUT2D eigenvalue weighted by atomic mass is 9.98. The number of halogens is 4. The second-order valence-electron chi connectivity index (χ2n) is 8.80. The van der Waals surface area contributed by atoms with Crippen LogP contribution in [0.4, 0.5) is 13.2 Å². The summed E-state index contributed by atoms with van der Waals surface area (Å²) in [6.07, 6.45) is -4.43. The number of amides is 2. The highest BCUT2D eigenvalue weighted by atomic mass is 35.5. The molecule has 0 saturated carbocycles. The van der Waals surface area contributed by atoms with E-state index in [1.54, 1.807) is 53.1 Å². The average molecular weight is 536 g/mol. The Morgan fingerprint density at radius 2 is 1.50 bits per heavy atom. The molecule has 0 spiro atoms. The minimum atomic E-state index is -4.57. The van der Waals surface area contributed by atoms with Crippen molar-refractivity contribution in [3.63, 3.8) is 0 Å². The van der Waals surface area contributed by atoms with Crippen molar-refractivity contribution in [3.8, 4) is 5.69 Å². The number of aromatic nitrogens is 3. The maximum Gasteiger partial charge on any atom is 0.416 e. The highest BCUT2D eigenvalue weighted by molar-refractivity contribution is 6.35. The summed E-state index contributed by atoms with van der Waals surface area (Å²) in [5.74, 6) is -0.0138. The second-order valence-corrected chi connectivity index (χ2v) is 9.21. The van der Waals surface area contributed by atoms with E-state index in [2.05, 4.69) is 15.2 Å². The highest BCUT2D eigenvalue weighted by Crippen LogP contribution is 2.35. The molecule has 0 fully saturated rings. The first-order chi connectivity index (χ1) is 18.2. The molecule has 0 unspecified atom stereocenters. The molecule has 2 aliphatic rings. The van der Waals surface area contributed by atoms with E-state index in [1.165, 1.54) is 6.07 Å². The van der Waals surface area contributed by atoms with E-state index < -0.39 is 23.6 Å². The van der Waals surface area contributed by atoms with Gasteiger partial charge in [0.25, 0.3) is 11.8 Å². The van der Waals surface area contributed by atoms with E-state index >= 15 is 0 Å². The van der Waals surface area contributed by atoms with E-state index in [-0.39, 0.29) is 25.1 Å². The molecule has 0 radical (unpaired) electrons. The molecule has 7 nitrogen and oxygen atoms in total. The third kappa shape index (κ3) is 3.88. The van der Waals surface area contributed by atoms with Crippen LogP contribution in [0.1, 0.15) is 49.1 Å². The molecule has 0 saturated heterocycles. The molecule has 4 aromatic rings. The molecule has 11 heteroatoms. The Hall–Kier alpha value is -4.31. The number of hydrogen-bond acceptors (Lipinski definition) is 5. The molecule has 0 aliphatic carbocycles. The minimum Gasteiger partial charge on any atom is -0.281 e. The fourth-order valence-corrected chi connectivity index (χ4v) is 4.99. The van der Waals surface area contributed by atoms with E-state index in [0.29, 0.717) is 44.8 Å². The maximum atomic E-state index is 13.7. The first-order valence-corrected chi connectivity index (χ1v) is 12.0. The van der Waals surface area contributed by atoms with Gasteiger partial charge in [0.15, 0.2) is 5.82 Å². The lowest BCUT2D eigenvalue weighted by molar-refractivity contribution is -0.137. The lowest BCUT2D eigenvalue weighted by Crippen LogP contribution is -2.32. The molecule has 0 atom stereocenters. The van der Waals surface area contributed by atoms with Crippen molar-refractivity contribution in [2.45, 2.75) is 19.1 Å². The maximum absolute atomic E-state index is 13.7. The zero-order chi connectivity index (χ0) is 26.6. The Morgan fingerprint density at radius 3 is 2.16 bits per heavy atom. The first kappa shape index (κ1) is 24.1. The van der Waals surface area contributed by atoms with E-state index in [1.807, 2.05) is 0 Å². The van der Waals surface area contributed by atoms with Crippen LogP contribution < -0.4 is 0 Å². The molecule has 0 N–H and O–H groups in total. The third-order valence-electron chi connectivity index (χ3n) is 6.56. The van der Waals surface area contributed by atoms with Gasteiger partial charge in [-0.25, -0.2) is 0 Å². The van der Waals surface area contributed by atoms with Crippen molar-refractivity contribution in [3.05, 3.63) is 111 Å². The quantitative estimate of drug-likeness (QED) is 0.339. The molecule has 6 rings (SSSR count). The van der Waals surface area contributed by atoms with Crippen LogP contribution in [-0.4, -0.2) is 43.7 Å². The normalized spacial score (nSPS) is 14.6. The molecule has 38 heavy (non-hydrogen) atoms. The summed E-state index contributed by atoms with van der Waals surface area (Å²) in [4.78, 5) is 31.3. The number of alkyl halides is 3. The van der Waals surface area contributed by atoms with Crippen molar-refractivity contribution in [1.82, 2.24) is 19.7 Å². The van der Waals surface area contributed by atoms with Gasteiger partial charge in [-0.2, -0.15) is 13.2 Å². The standard InChI is InChI=1S/C27H17ClF3N5O2/c28-20-8-4-3-7-18(20)24-19-13-15(27(29,30)31)9-10-21(19)36-22(33-34-23(36)14-32-24)11-12-35-25(37)16-5-1-2-6-17(16)26(35)38/h1-10,13H,11-12,14H2. The monoisotopic (exact) mass is 535 g/mol. The van der Waals surface area contributed by atoms with Gasteiger partial charge in [0.05, 0.1) is 28.1 Å². The van der Waals surface area contributed by atoms with Crippen molar-refractivity contribution < 1.29 is 22.8 Å². The summed E-state index contributed by atoms with van der Waals surface area (Å²) in [6, 6.07) is 16.8. The van der Waals surface area contributed by atoms with Crippen molar-refractivity contribution >= 4 is 29.1 Å². The van der Waals surface area contributed by atoms with Crippen molar-refractivity contribution in [1.29, 1.82) is 0 Å². The molecule has 2 aliphatic heterocycles. The number of hydrogen-bond donors (Lipinski definition) is 0. The average Bonchev–Trinajstić information content (AvgIpc) is 3.35. The molecule has 2 amide bonds. The number of rotatable bonds is 4. The fourth-order valence-electron chi connectivity index (χ4n) is 4.77. The van der Waals surface area contributed by atoms with Crippen LogP contribution in [-0.2, 0) is 19.1 Å². The Labute approximate surface area is 219 Å². The van der Waals surface area contributed by atoms with Gasteiger partial charge < -0.3 is 0 Å². The zero-order valence-electron chi connectivity index (χ0n) is 19.5. The Kier molecular flexibility index (Phi) is 5.64. The van der Waals surface area contributed by atoms with E-state index in [9.17, 15) is 22.8 Å². The van der Waals surface area contributed by atoms with Crippen LogP contribution in [0.3, 0.4) is 0 Å². The molecule has 0 bridgehead atoms. The molecule has 190 valence electrons. The van der Waals surface area contributed by atoms with Gasteiger partial charge in [-0.05, 0) is 36.4 Å². The zero-order valence-corrected chi connectivity index (χ0v) is 20.3. The number of benzene rings is 3. The summed E-state index contributed by atoms with van der Waals surface area (Å²) in [7, 11) is 0. The molecular weight excluding hydrogens is 519 g/mol. The minimum absolute atomic E-state index is 0.0265. The van der Waals surface area contributed by atoms with Crippen LogP contribution in [0.5, 0.6) is 0 Å². The van der Waals surface area contributed by atoms with E-state index in [4.69, 9.17) is 11.6 Å². The van der Waals surface area contributed by atoms with Gasteiger partial charge in [-0.1, -0.05) is 41.9 Å². The number of nitrogens with zero attached hydrogens (tertiary/aromatic N) is 5. The van der Waals surface area contributed by atoms with Crippen molar-refractivity contribution in [2.75, 3.05) is 6.54 Å². The van der Waals surface area contributed by atoms with Gasteiger partial charge in [0, 0.05) is 29.1 Å². The van der Waals surface area contributed by atoms with Crippen LogP contribution in [0.2, 0.25) is 5.02 Å². The number of imide groups is 1. The highest BCUT2D eigenvalue weighted by Gasteiger charge is 2.36. The predicted molar refractivity (Wildman–Crippen MR) is 133 cm³/mol. The van der Waals surface area contributed by atoms with Crippen LogP contribution in [0.25, 0.3) is 5.69 Å². The number of carbonyl (C=O) groups is 2. The van der Waals surface area contributed by atoms with Gasteiger partial charge in [0.2, 0.25) is 0 Å². The molecule has 3 aromatic carbocycles. The third-order valence-corrected chi connectivity index (χ3v) is 6.89. The van der Waals surface area contributed by atoms with Crippen LogP contribution in [0.15, 0.2) is 71.7 Å². The number of carbonyl (C=O) groups excluding carboxylic acids is 2. The SMILES string of the molecule is O=C1c2ccccc2C(=O)N1CCc1nnc2n1-c1ccc(C(F)(F)F)cc1C(c1ccccc1Cl)=NC2. The molecule has 3 heterocycles. The van der Waals surface area contributed by atoms with Crippen molar-refractivity contribution in [2.24, 2.45) is 4.99 Å². The summed E-state index contributed by atoms with van der Waals surface area (Å²) >= 11 is 6.40. The predicted octanol–water partition coefficient (Wildman–Crippen LogP) is 5.13. The van der Waals surface area contributed by atoms with Gasteiger partial charge in [0.1, 0.15) is 12.4 Å². The summed E-state index contributed by atoms with van der Waals surface area (Å²) in [6.45, 7) is 0.0648. The van der Waals surface area contributed by atoms with Gasteiger partial charge in [-0.3, -0.25) is 24.0 Å². The molecule has 1 aromatic heterocycles. The number of fused-ring (bicyclic) bond motifs is 4. The fraction of sp³-hybridized carbons (Fsp3) is 0.148. The van der Waals surface area contributed by atoms with Crippen LogP contribution >= 0.6 is 11.6 Å². The lowest BCUT2D eigenvalue weighted by Gasteiger charge is -2.18. The van der Waals surface area contributed by atoms with Gasteiger partial charge >= 0.3 is 6.18 Å². The topological polar surface area (TPSA) is 80.5 Å². The summed E-state index contributed by atoms with van der Waals surface area (Å²) in [5.41, 5.74) is 1.23.